The Labute approximate surface area is 114 Å². The van der Waals surface area contributed by atoms with Crippen LogP contribution in [0, 0.1) is 0 Å². The number of azide groups is 1. The largest absolute Gasteiger partial charge is 0.394 e. The molecule has 2 unspecified atom stereocenters. The number of hydrogen-bond acceptors (Lipinski definition) is 5. The van der Waals surface area contributed by atoms with E-state index in [0.29, 0.717) is 6.61 Å². The molecular formula is C10H18BrN3O4. The van der Waals surface area contributed by atoms with E-state index in [1.807, 2.05) is 6.92 Å². The van der Waals surface area contributed by atoms with Crippen molar-refractivity contribution >= 4 is 15.9 Å². The van der Waals surface area contributed by atoms with E-state index in [2.05, 4.69) is 26.0 Å². The zero-order valence-corrected chi connectivity index (χ0v) is 11.7. The van der Waals surface area contributed by atoms with Gasteiger partial charge in [0.05, 0.1) is 18.8 Å². The minimum absolute atomic E-state index is 0.345. The maximum Gasteiger partial charge on any atom is 0.139 e. The highest BCUT2D eigenvalue weighted by Crippen LogP contribution is 2.29. The zero-order valence-electron chi connectivity index (χ0n) is 10.1. The molecule has 0 aromatic rings. The first-order valence-electron chi connectivity index (χ1n) is 5.90. The smallest absolute Gasteiger partial charge is 0.139 e. The Hall–Kier alpha value is -0.370. The lowest BCUT2D eigenvalue weighted by atomic mass is 9.98. The molecule has 0 aromatic carbocycles. The standard InChI is InChI=1S/C10H18BrN3O4/c1-2-3-4-17-9-7(13-14-12)8(16)6(5-15)18-10(9)11/h6-10,15-16H,2-5H2,1H3/t6?,7-,8+,9?,10-/m0/s1. The summed E-state index contributed by atoms with van der Waals surface area (Å²) >= 11 is 3.27. The molecule has 1 aliphatic heterocycles. The van der Waals surface area contributed by atoms with Crippen molar-refractivity contribution in [1.82, 2.24) is 0 Å². The minimum atomic E-state index is -1.08. The summed E-state index contributed by atoms with van der Waals surface area (Å²) in [6, 6.07) is -0.776. The van der Waals surface area contributed by atoms with Crippen LogP contribution in [0.4, 0.5) is 0 Å². The lowest BCUT2D eigenvalue weighted by Gasteiger charge is -2.40. The fourth-order valence-electron chi connectivity index (χ4n) is 1.78. The number of aliphatic hydroxyl groups excluding tert-OH is 2. The minimum Gasteiger partial charge on any atom is -0.394 e. The van der Waals surface area contributed by atoms with Crippen LogP contribution in [0.2, 0.25) is 0 Å². The van der Waals surface area contributed by atoms with Crippen LogP contribution >= 0.6 is 15.9 Å². The fourth-order valence-corrected chi connectivity index (χ4v) is 2.52. The van der Waals surface area contributed by atoms with Gasteiger partial charge in [0.2, 0.25) is 0 Å². The van der Waals surface area contributed by atoms with Crippen molar-refractivity contribution in [1.29, 1.82) is 0 Å². The molecule has 0 bridgehead atoms. The summed E-state index contributed by atoms with van der Waals surface area (Å²) in [5, 5.41) is 22.1. The van der Waals surface area contributed by atoms with Crippen molar-refractivity contribution in [2.45, 2.75) is 49.1 Å². The molecule has 0 spiro atoms. The molecule has 104 valence electrons. The SMILES string of the molecule is CCCCOC1[C@@H](N=[N+]=[N-])[C@H](O)C(CO)O[C@@H]1Br. The molecular weight excluding hydrogens is 306 g/mol. The van der Waals surface area contributed by atoms with Gasteiger partial charge in [0, 0.05) is 11.5 Å². The predicted molar refractivity (Wildman–Crippen MR) is 68.3 cm³/mol. The van der Waals surface area contributed by atoms with E-state index < -0.39 is 29.4 Å². The first-order valence-corrected chi connectivity index (χ1v) is 6.81. The molecule has 1 heterocycles. The van der Waals surface area contributed by atoms with Crippen molar-refractivity contribution in [2.24, 2.45) is 5.11 Å². The van der Waals surface area contributed by atoms with Gasteiger partial charge in [-0.3, -0.25) is 0 Å². The number of rotatable bonds is 6. The lowest BCUT2D eigenvalue weighted by molar-refractivity contribution is -0.172. The normalized spacial score (nSPS) is 36.1. The molecule has 1 rings (SSSR count). The van der Waals surface area contributed by atoms with Crippen LogP contribution in [0.1, 0.15) is 19.8 Å². The van der Waals surface area contributed by atoms with Crippen LogP contribution in [-0.2, 0) is 9.47 Å². The molecule has 0 saturated carbocycles. The molecule has 0 amide bonds. The highest BCUT2D eigenvalue weighted by Gasteiger charge is 2.44. The van der Waals surface area contributed by atoms with Gasteiger partial charge in [-0.05, 0) is 12.0 Å². The van der Waals surface area contributed by atoms with Gasteiger partial charge in [-0.1, -0.05) is 34.4 Å². The quantitative estimate of drug-likeness (QED) is 0.252. The summed E-state index contributed by atoms with van der Waals surface area (Å²) < 4.78 is 11.0. The van der Waals surface area contributed by atoms with Crippen LogP contribution in [0.3, 0.4) is 0 Å². The van der Waals surface area contributed by atoms with E-state index >= 15 is 0 Å². The molecule has 1 saturated heterocycles. The maximum atomic E-state index is 9.95. The number of unbranched alkanes of at least 4 members (excludes halogenated alkanes) is 1. The summed E-state index contributed by atoms with van der Waals surface area (Å²) in [6.45, 7) is 2.19. The van der Waals surface area contributed by atoms with Gasteiger partial charge in [-0.15, -0.1) is 0 Å². The first-order chi connectivity index (χ1) is 8.65. The van der Waals surface area contributed by atoms with E-state index in [1.165, 1.54) is 0 Å². The molecule has 5 atom stereocenters. The van der Waals surface area contributed by atoms with Gasteiger partial charge in [0.25, 0.3) is 0 Å². The predicted octanol–water partition coefficient (Wildman–Crippen LogP) is 1.32. The summed E-state index contributed by atoms with van der Waals surface area (Å²) in [5.41, 5.74) is 8.54. The third-order valence-corrected chi connectivity index (χ3v) is 3.54. The molecule has 1 fully saturated rings. The second kappa shape index (κ2) is 7.93. The van der Waals surface area contributed by atoms with Crippen LogP contribution in [0.5, 0.6) is 0 Å². The van der Waals surface area contributed by atoms with Crippen molar-refractivity contribution in [3.8, 4) is 0 Å². The van der Waals surface area contributed by atoms with Crippen molar-refractivity contribution in [2.75, 3.05) is 13.2 Å². The Balaban J connectivity index is 2.74. The molecule has 8 heteroatoms. The van der Waals surface area contributed by atoms with Gasteiger partial charge >= 0.3 is 0 Å². The van der Waals surface area contributed by atoms with Crippen LogP contribution < -0.4 is 0 Å². The van der Waals surface area contributed by atoms with E-state index in [0.717, 1.165) is 12.8 Å². The van der Waals surface area contributed by atoms with E-state index in [9.17, 15) is 5.11 Å². The Bertz CT molecular complexity index is 301. The van der Waals surface area contributed by atoms with Gasteiger partial charge in [0.15, 0.2) is 0 Å². The van der Waals surface area contributed by atoms with Gasteiger partial charge in [-0.25, -0.2) is 0 Å². The average molecular weight is 324 g/mol. The molecule has 1 aliphatic rings. The van der Waals surface area contributed by atoms with E-state index in [1.54, 1.807) is 0 Å². The summed E-state index contributed by atoms with van der Waals surface area (Å²) in [7, 11) is 0. The third kappa shape index (κ3) is 3.81. The Morgan fingerprint density at radius 1 is 1.56 bits per heavy atom. The second-order valence-corrected chi connectivity index (χ2v) is 4.99. The topological polar surface area (TPSA) is 108 Å². The summed E-state index contributed by atoms with van der Waals surface area (Å²) in [4.78, 5) is 2.72. The molecule has 0 aliphatic carbocycles. The maximum absolute atomic E-state index is 9.95. The zero-order chi connectivity index (χ0) is 13.5. The number of hydrogen-bond donors (Lipinski definition) is 2. The highest BCUT2D eigenvalue weighted by molar-refractivity contribution is 9.09. The highest BCUT2D eigenvalue weighted by atomic mass is 79.9. The number of nitrogens with zero attached hydrogens (tertiary/aromatic N) is 3. The van der Waals surface area contributed by atoms with Gasteiger partial charge in [0.1, 0.15) is 17.2 Å². The number of aliphatic hydroxyl groups is 2. The molecule has 2 N–H and O–H groups in total. The average Bonchev–Trinajstić information content (AvgIpc) is 2.37. The number of ether oxygens (including phenoxy) is 2. The Kier molecular flexibility index (Phi) is 6.91. The Morgan fingerprint density at radius 2 is 2.28 bits per heavy atom. The monoisotopic (exact) mass is 323 g/mol. The Morgan fingerprint density at radius 3 is 2.83 bits per heavy atom. The summed E-state index contributed by atoms with van der Waals surface area (Å²) in [5.74, 6) is 0. The van der Waals surface area contributed by atoms with E-state index in [-0.39, 0.29) is 6.61 Å². The van der Waals surface area contributed by atoms with Gasteiger partial charge in [-0.2, -0.15) is 0 Å². The molecule has 18 heavy (non-hydrogen) atoms. The van der Waals surface area contributed by atoms with Crippen molar-refractivity contribution in [3.63, 3.8) is 0 Å². The molecule has 7 nitrogen and oxygen atoms in total. The number of halogens is 1. The van der Waals surface area contributed by atoms with Gasteiger partial charge < -0.3 is 19.7 Å². The van der Waals surface area contributed by atoms with Crippen LogP contribution in [0.15, 0.2) is 5.11 Å². The van der Waals surface area contributed by atoms with Crippen LogP contribution in [0.25, 0.3) is 10.4 Å². The van der Waals surface area contributed by atoms with Crippen molar-refractivity contribution in [3.05, 3.63) is 10.4 Å². The third-order valence-electron chi connectivity index (χ3n) is 2.80. The number of alkyl halides is 1. The second-order valence-electron chi connectivity index (χ2n) is 4.08. The fraction of sp³-hybridized carbons (Fsp3) is 1.00. The molecule has 0 aromatic heterocycles. The lowest BCUT2D eigenvalue weighted by Crippen LogP contribution is -2.56. The first kappa shape index (κ1) is 15.7. The van der Waals surface area contributed by atoms with E-state index in [4.69, 9.17) is 20.1 Å². The van der Waals surface area contributed by atoms with Crippen molar-refractivity contribution < 1.29 is 19.7 Å². The van der Waals surface area contributed by atoms with Crippen LogP contribution in [-0.4, -0.2) is 52.8 Å². The summed E-state index contributed by atoms with van der Waals surface area (Å²) in [6.07, 6.45) is -0.569. The molecule has 0 radical (unpaired) electrons.